The maximum absolute atomic E-state index is 11.1. The summed E-state index contributed by atoms with van der Waals surface area (Å²) in [5.41, 5.74) is 1.12. The molecule has 3 heterocycles. The summed E-state index contributed by atoms with van der Waals surface area (Å²) in [6, 6.07) is 3.96. The Balaban J connectivity index is 1.81. The highest BCUT2D eigenvalue weighted by Crippen LogP contribution is 2.33. The average molecular weight is 298 g/mol. The van der Waals surface area contributed by atoms with E-state index in [1.807, 2.05) is 12.1 Å². The van der Waals surface area contributed by atoms with E-state index in [2.05, 4.69) is 15.3 Å². The Morgan fingerprint density at radius 1 is 1.53 bits per heavy atom. The molecule has 19 heavy (non-hydrogen) atoms. The third kappa shape index (κ3) is 2.72. The molecule has 0 radical (unpaired) electrons. The lowest BCUT2D eigenvalue weighted by Gasteiger charge is -2.17. The second-order valence-corrected chi connectivity index (χ2v) is 7.09. The van der Waals surface area contributed by atoms with Crippen molar-refractivity contribution < 1.29 is 12.6 Å². The molecule has 0 aliphatic carbocycles. The van der Waals surface area contributed by atoms with Crippen LogP contribution in [0.1, 0.15) is 6.42 Å². The van der Waals surface area contributed by atoms with Crippen LogP contribution in [0.4, 0.5) is 5.69 Å². The molecule has 2 aromatic heterocycles. The average Bonchev–Trinajstić information content (AvgIpc) is 2.92. The second kappa shape index (κ2) is 4.73. The predicted octanol–water partition coefficient (Wildman–Crippen LogP) is 1.85. The molecule has 1 fully saturated rings. The van der Waals surface area contributed by atoms with Gasteiger partial charge in [0.15, 0.2) is 0 Å². The maximum atomic E-state index is 11.1. The molecule has 5 nitrogen and oxygen atoms in total. The van der Waals surface area contributed by atoms with E-state index in [4.69, 9.17) is 4.18 Å². The van der Waals surface area contributed by atoms with Crippen molar-refractivity contribution in [2.45, 2.75) is 12.5 Å². The molecule has 7 heteroatoms. The van der Waals surface area contributed by atoms with Crippen molar-refractivity contribution in [3.63, 3.8) is 0 Å². The molecule has 3 rings (SSSR count). The third-order valence-corrected chi connectivity index (χ3v) is 4.64. The van der Waals surface area contributed by atoms with Crippen molar-refractivity contribution >= 4 is 37.4 Å². The SMILES string of the molecule is CS(=O)(=O)OC1CCN(c2csc3ncccc23)C1. The van der Waals surface area contributed by atoms with E-state index in [0.717, 1.165) is 35.1 Å². The Morgan fingerprint density at radius 2 is 2.37 bits per heavy atom. The first-order valence-corrected chi connectivity index (χ1v) is 8.68. The summed E-state index contributed by atoms with van der Waals surface area (Å²) in [7, 11) is -3.38. The monoisotopic (exact) mass is 298 g/mol. The van der Waals surface area contributed by atoms with Crippen molar-refractivity contribution in [1.29, 1.82) is 0 Å². The van der Waals surface area contributed by atoms with Crippen LogP contribution in [0.5, 0.6) is 0 Å². The number of fused-ring (bicyclic) bond motifs is 1. The lowest BCUT2D eigenvalue weighted by Crippen LogP contribution is -2.24. The van der Waals surface area contributed by atoms with E-state index < -0.39 is 10.1 Å². The van der Waals surface area contributed by atoms with Crippen LogP contribution in [0, 0.1) is 0 Å². The Labute approximate surface area is 115 Å². The number of hydrogen-bond donors (Lipinski definition) is 0. The molecule has 1 saturated heterocycles. The highest BCUT2D eigenvalue weighted by Gasteiger charge is 2.27. The fraction of sp³-hybridized carbons (Fsp3) is 0.417. The number of thiophene rings is 1. The lowest BCUT2D eigenvalue weighted by molar-refractivity contribution is 0.234. The number of rotatable bonds is 3. The van der Waals surface area contributed by atoms with E-state index in [9.17, 15) is 8.42 Å². The van der Waals surface area contributed by atoms with Gasteiger partial charge < -0.3 is 4.90 Å². The summed E-state index contributed by atoms with van der Waals surface area (Å²) in [4.78, 5) is 7.48. The van der Waals surface area contributed by atoms with Crippen molar-refractivity contribution in [3.05, 3.63) is 23.7 Å². The van der Waals surface area contributed by atoms with Crippen LogP contribution in [0.25, 0.3) is 10.2 Å². The van der Waals surface area contributed by atoms with Gasteiger partial charge in [-0.15, -0.1) is 11.3 Å². The summed E-state index contributed by atoms with van der Waals surface area (Å²) >= 11 is 1.60. The number of hydrogen-bond acceptors (Lipinski definition) is 6. The zero-order valence-electron chi connectivity index (χ0n) is 10.4. The standard InChI is InChI=1S/C12H14N2O3S2/c1-19(15,16)17-9-4-6-14(7-9)11-8-18-12-10(11)3-2-5-13-12/h2-3,5,8-9H,4,6-7H2,1H3. The molecule has 102 valence electrons. The van der Waals surface area contributed by atoms with E-state index >= 15 is 0 Å². The minimum atomic E-state index is -3.38. The summed E-state index contributed by atoms with van der Waals surface area (Å²) in [6.07, 6.45) is 3.36. The summed E-state index contributed by atoms with van der Waals surface area (Å²) in [5.74, 6) is 0. The van der Waals surface area contributed by atoms with E-state index in [1.165, 1.54) is 0 Å². The van der Waals surface area contributed by atoms with Crippen molar-refractivity contribution in [2.24, 2.45) is 0 Å². The van der Waals surface area contributed by atoms with Gasteiger partial charge >= 0.3 is 0 Å². The Kier molecular flexibility index (Phi) is 3.20. The molecule has 0 bridgehead atoms. The van der Waals surface area contributed by atoms with Crippen LogP contribution < -0.4 is 4.90 Å². The van der Waals surface area contributed by atoms with Crippen LogP contribution in [-0.2, 0) is 14.3 Å². The molecule has 2 aromatic rings. The number of aromatic nitrogens is 1. The van der Waals surface area contributed by atoms with Gasteiger partial charge in [-0.25, -0.2) is 4.98 Å². The van der Waals surface area contributed by atoms with Crippen LogP contribution in [-0.4, -0.2) is 38.9 Å². The van der Waals surface area contributed by atoms with E-state index in [1.54, 1.807) is 17.5 Å². The van der Waals surface area contributed by atoms with Gasteiger partial charge in [-0.05, 0) is 18.6 Å². The van der Waals surface area contributed by atoms with Crippen LogP contribution >= 0.6 is 11.3 Å². The fourth-order valence-corrected chi connectivity index (χ4v) is 3.94. The Morgan fingerprint density at radius 3 is 3.16 bits per heavy atom. The highest BCUT2D eigenvalue weighted by atomic mass is 32.2. The molecular weight excluding hydrogens is 284 g/mol. The largest absolute Gasteiger partial charge is 0.368 e. The molecule has 1 unspecified atom stereocenters. The summed E-state index contributed by atoms with van der Waals surface area (Å²) < 4.78 is 27.3. The van der Waals surface area contributed by atoms with Crippen molar-refractivity contribution in [3.8, 4) is 0 Å². The predicted molar refractivity (Wildman–Crippen MR) is 76.2 cm³/mol. The van der Waals surface area contributed by atoms with Crippen molar-refractivity contribution in [1.82, 2.24) is 4.98 Å². The van der Waals surface area contributed by atoms with E-state index in [0.29, 0.717) is 6.54 Å². The van der Waals surface area contributed by atoms with Gasteiger partial charge in [0.25, 0.3) is 10.1 Å². The third-order valence-electron chi connectivity index (χ3n) is 3.13. The maximum Gasteiger partial charge on any atom is 0.264 e. The first kappa shape index (κ1) is 12.8. The Hall–Kier alpha value is -1.18. The van der Waals surface area contributed by atoms with Crippen LogP contribution in [0.15, 0.2) is 23.7 Å². The second-order valence-electron chi connectivity index (χ2n) is 4.63. The van der Waals surface area contributed by atoms with Crippen LogP contribution in [0.3, 0.4) is 0 Å². The molecule has 0 aromatic carbocycles. The quantitative estimate of drug-likeness (QED) is 0.809. The highest BCUT2D eigenvalue weighted by molar-refractivity contribution is 7.86. The van der Waals surface area contributed by atoms with Gasteiger partial charge in [0, 0.05) is 30.1 Å². The molecule has 0 amide bonds. The fourth-order valence-electron chi connectivity index (χ4n) is 2.37. The topological polar surface area (TPSA) is 59.5 Å². The number of nitrogens with zero attached hydrogens (tertiary/aromatic N) is 2. The normalized spacial score (nSPS) is 20.3. The van der Waals surface area contributed by atoms with Gasteiger partial charge in [0.2, 0.25) is 0 Å². The summed E-state index contributed by atoms with van der Waals surface area (Å²) in [6.45, 7) is 1.41. The van der Waals surface area contributed by atoms with Gasteiger partial charge in [-0.3, -0.25) is 4.18 Å². The molecule has 1 aliphatic heterocycles. The van der Waals surface area contributed by atoms with Gasteiger partial charge in [0.05, 0.1) is 18.0 Å². The molecule has 0 N–H and O–H groups in total. The molecule has 0 saturated carbocycles. The summed E-state index contributed by atoms with van der Waals surface area (Å²) in [5, 5.41) is 3.19. The number of pyridine rings is 1. The zero-order valence-corrected chi connectivity index (χ0v) is 12.1. The zero-order chi connectivity index (χ0) is 13.5. The minimum Gasteiger partial charge on any atom is -0.368 e. The molecular formula is C12H14N2O3S2. The molecule has 1 atom stereocenters. The van der Waals surface area contributed by atoms with Gasteiger partial charge in [-0.2, -0.15) is 8.42 Å². The first-order valence-electron chi connectivity index (χ1n) is 5.98. The van der Waals surface area contributed by atoms with Gasteiger partial charge in [0.1, 0.15) is 4.83 Å². The van der Waals surface area contributed by atoms with Crippen molar-refractivity contribution in [2.75, 3.05) is 24.2 Å². The molecule has 1 aliphatic rings. The number of anilines is 1. The molecule has 0 spiro atoms. The Bertz CT molecular complexity index is 696. The first-order chi connectivity index (χ1) is 9.03. The van der Waals surface area contributed by atoms with E-state index in [-0.39, 0.29) is 6.10 Å². The van der Waals surface area contributed by atoms with Crippen LogP contribution in [0.2, 0.25) is 0 Å². The lowest BCUT2D eigenvalue weighted by atomic mass is 10.3. The minimum absolute atomic E-state index is 0.248. The smallest absolute Gasteiger partial charge is 0.264 e. The van der Waals surface area contributed by atoms with Gasteiger partial charge in [-0.1, -0.05) is 0 Å².